The lowest BCUT2D eigenvalue weighted by atomic mass is 10.2. The summed E-state index contributed by atoms with van der Waals surface area (Å²) in [5, 5.41) is 8.26. The number of aryl methyl sites for hydroxylation is 1. The fourth-order valence-electron chi connectivity index (χ4n) is 3.82. The van der Waals surface area contributed by atoms with Crippen molar-refractivity contribution in [3.05, 3.63) is 90.4 Å². The van der Waals surface area contributed by atoms with Crippen molar-refractivity contribution in [2.45, 2.75) is 15.5 Å². The molecule has 0 atom stereocenters. The topological polar surface area (TPSA) is 127 Å². The van der Waals surface area contributed by atoms with Crippen LogP contribution in [0.5, 0.6) is 0 Å². The molecule has 35 heavy (non-hydrogen) atoms. The van der Waals surface area contributed by atoms with Crippen LogP contribution in [0.25, 0.3) is 21.9 Å². The molecule has 0 aliphatic rings. The van der Waals surface area contributed by atoms with Crippen molar-refractivity contribution < 1.29 is 8.42 Å². The van der Waals surface area contributed by atoms with Crippen molar-refractivity contribution in [1.29, 1.82) is 5.41 Å². The number of hydrogen-bond acceptors (Lipinski definition) is 6. The van der Waals surface area contributed by atoms with Gasteiger partial charge < -0.3 is 10.3 Å². The van der Waals surface area contributed by atoms with E-state index in [2.05, 4.69) is 9.71 Å². The Hall–Kier alpha value is -3.89. The Balaban J connectivity index is 1.38. The van der Waals surface area contributed by atoms with Crippen LogP contribution in [-0.2, 0) is 22.8 Å². The lowest BCUT2D eigenvalue weighted by molar-refractivity contribution is 0.602. The molecular weight excluding hydrogens is 480 g/mol. The van der Waals surface area contributed by atoms with Crippen LogP contribution in [0, 0.1) is 5.41 Å². The van der Waals surface area contributed by atoms with Gasteiger partial charge in [0.05, 0.1) is 28.0 Å². The summed E-state index contributed by atoms with van der Waals surface area (Å²) < 4.78 is 31.0. The number of thioether (sulfide) groups is 1. The zero-order valence-electron chi connectivity index (χ0n) is 18.8. The number of para-hydroxylation sites is 1. The molecule has 5 aromatic rings. The van der Waals surface area contributed by atoms with Gasteiger partial charge in [-0.05, 0) is 42.5 Å². The molecule has 2 aromatic heterocycles. The maximum atomic E-state index is 13.1. The van der Waals surface area contributed by atoms with E-state index in [4.69, 9.17) is 16.1 Å². The molecule has 0 spiro atoms. The Bertz CT molecular complexity index is 1670. The zero-order chi connectivity index (χ0) is 24.6. The van der Waals surface area contributed by atoms with Gasteiger partial charge >= 0.3 is 0 Å². The first-order chi connectivity index (χ1) is 16.8. The minimum absolute atomic E-state index is 0.0417. The first-order valence-electron chi connectivity index (χ1n) is 10.7. The summed E-state index contributed by atoms with van der Waals surface area (Å²) in [4.78, 5) is 10.2. The van der Waals surface area contributed by atoms with E-state index >= 15 is 0 Å². The molecule has 2 heterocycles. The molecule has 5 rings (SSSR count). The largest absolute Gasteiger partial charge is 0.384 e. The number of anilines is 1. The van der Waals surface area contributed by atoms with Crippen LogP contribution < -0.4 is 10.5 Å². The molecule has 10 heteroatoms. The second-order valence-electron chi connectivity index (χ2n) is 7.95. The Labute approximate surface area is 206 Å². The summed E-state index contributed by atoms with van der Waals surface area (Å²) >= 11 is 1.62. The third-order valence-corrected chi connectivity index (χ3v) is 8.07. The van der Waals surface area contributed by atoms with Gasteiger partial charge in [0, 0.05) is 29.1 Å². The Kier molecular flexibility index (Phi) is 5.91. The van der Waals surface area contributed by atoms with Crippen molar-refractivity contribution in [3.8, 4) is 0 Å². The number of sulfonamides is 1. The van der Waals surface area contributed by atoms with Crippen molar-refractivity contribution in [3.63, 3.8) is 0 Å². The van der Waals surface area contributed by atoms with Gasteiger partial charge in [0.15, 0.2) is 0 Å². The van der Waals surface area contributed by atoms with E-state index in [-0.39, 0.29) is 10.7 Å². The molecule has 0 amide bonds. The normalized spacial score (nSPS) is 11.7. The highest BCUT2D eigenvalue weighted by atomic mass is 32.2. The third-order valence-electron chi connectivity index (χ3n) is 5.64. The number of nitrogens with two attached hydrogens (primary N) is 1. The molecule has 0 unspecified atom stereocenters. The predicted molar refractivity (Wildman–Crippen MR) is 140 cm³/mol. The van der Waals surface area contributed by atoms with Gasteiger partial charge in [0.1, 0.15) is 16.6 Å². The van der Waals surface area contributed by atoms with Crippen LogP contribution in [-0.4, -0.2) is 28.8 Å². The lowest BCUT2D eigenvalue weighted by Crippen LogP contribution is -2.13. The van der Waals surface area contributed by atoms with Gasteiger partial charge in [-0.25, -0.2) is 13.4 Å². The zero-order valence-corrected chi connectivity index (χ0v) is 20.4. The van der Waals surface area contributed by atoms with Crippen molar-refractivity contribution >= 4 is 55.2 Å². The van der Waals surface area contributed by atoms with Crippen LogP contribution in [0.1, 0.15) is 11.4 Å². The van der Waals surface area contributed by atoms with Crippen LogP contribution in [0.2, 0.25) is 0 Å². The highest BCUT2D eigenvalue weighted by Gasteiger charge is 2.19. The van der Waals surface area contributed by atoms with Gasteiger partial charge in [-0.1, -0.05) is 30.3 Å². The number of aromatic nitrogens is 3. The highest BCUT2D eigenvalue weighted by molar-refractivity contribution is 7.98. The smallest absolute Gasteiger partial charge is 0.264 e. The monoisotopic (exact) mass is 502 g/mol. The molecular formula is C25H22N6O2S2. The van der Waals surface area contributed by atoms with Gasteiger partial charge in [-0.15, -0.1) is 11.8 Å². The van der Waals surface area contributed by atoms with Crippen LogP contribution >= 0.6 is 11.8 Å². The molecule has 3 aromatic carbocycles. The van der Waals surface area contributed by atoms with Gasteiger partial charge in [-0.3, -0.25) is 15.1 Å². The summed E-state index contributed by atoms with van der Waals surface area (Å²) in [5.41, 5.74) is 8.67. The number of benzene rings is 3. The predicted octanol–water partition coefficient (Wildman–Crippen LogP) is 4.50. The highest BCUT2D eigenvalue weighted by Crippen LogP contribution is 2.28. The molecule has 0 radical (unpaired) electrons. The number of amidine groups is 1. The Morgan fingerprint density at radius 2 is 1.86 bits per heavy atom. The summed E-state index contributed by atoms with van der Waals surface area (Å²) in [5.74, 6) is 1.53. The second-order valence-corrected chi connectivity index (χ2v) is 10.7. The van der Waals surface area contributed by atoms with Crippen molar-refractivity contribution in [1.82, 2.24) is 14.5 Å². The molecule has 0 aliphatic carbocycles. The summed E-state index contributed by atoms with van der Waals surface area (Å²) in [6.07, 6.45) is 1.58. The van der Waals surface area contributed by atoms with Crippen molar-refractivity contribution in [2.75, 3.05) is 4.72 Å². The van der Waals surface area contributed by atoms with E-state index in [0.717, 1.165) is 21.6 Å². The first-order valence-corrected chi connectivity index (χ1v) is 13.2. The third kappa shape index (κ3) is 4.58. The number of nitrogens with zero attached hydrogens (tertiary/aromatic N) is 3. The standard InChI is InChI=1S/C25H22N6O2S2/c1-31-21-12-9-18(30-35(32,33)22-6-2-4-16-5-3-13-28-24(16)22)14-20(21)29-23(31)15-34-19-10-7-17(8-11-19)25(26)27/h2-14,30H,15H2,1H3,(H3,26,27). The van der Waals surface area contributed by atoms with E-state index in [0.29, 0.717) is 28.0 Å². The van der Waals surface area contributed by atoms with Crippen LogP contribution in [0.15, 0.2) is 88.8 Å². The van der Waals surface area contributed by atoms with Gasteiger partial charge in [0.25, 0.3) is 10.0 Å². The molecule has 0 aliphatic heterocycles. The first kappa shape index (κ1) is 22.9. The average Bonchev–Trinajstić information content (AvgIpc) is 3.17. The second kappa shape index (κ2) is 9.05. The summed E-state index contributed by atoms with van der Waals surface area (Å²) in [6.45, 7) is 0. The van der Waals surface area contributed by atoms with E-state index in [1.807, 2.05) is 54.1 Å². The minimum Gasteiger partial charge on any atom is -0.384 e. The maximum absolute atomic E-state index is 13.1. The Morgan fingerprint density at radius 3 is 2.63 bits per heavy atom. The minimum atomic E-state index is -3.84. The van der Waals surface area contributed by atoms with Crippen LogP contribution in [0.3, 0.4) is 0 Å². The van der Waals surface area contributed by atoms with Crippen LogP contribution in [0.4, 0.5) is 5.69 Å². The SMILES string of the molecule is Cn1c(CSc2ccc(C(=N)N)cc2)nc2cc(NS(=O)(=O)c3cccc4cccnc34)ccc21. The summed E-state index contributed by atoms with van der Waals surface area (Å²) in [7, 11) is -1.90. The van der Waals surface area contributed by atoms with Gasteiger partial charge in [-0.2, -0.15) is 0 Å². The molecule has 176 valence electrons. The molecule has 0 saturated heterocycles. The lowest BCUT2D eigenvalue weighted by Gasteiger charge is -2.10. The number of imidazole rings is 1. The number of nitrogen functional groups attached to an aromatic ring is 1. The van der Waals surface area contributed by atoms with E-state index < -0.39 is 10.0 Å². The number of nitrogens with one attached hydrogen (secondary N) is 2. The van der Waals surface area contributed by atoms with E-state index in [1.54, 1.807) is 48.3 Å². The number of fused-ring (bicyclic) bond motifs is 2. The molecule has 8 nitrogen and oxygen atoms in total. The van der Waals surface area contributed by atoms with Crippen molar-refractivity contribution in [2.24, 2.45) is 12.8 Å². The van der Waals surface area contributed by atoms with Gasteiger partial charge in [0.2, 0.25) is 0 Å². The fraction of sp³-hybridized carbons (Fsp3) is 0.0800. The maximum Gasteiger partial charge on any atom is 0.264 e. The number of rotatable bonds is 7. The molecule has 0 fully saturated rings. The number of pyridine rings is 1. The summed E-state index contributed by atoms with van der Waals surface area (Å²) in [6, 6.07) is 21.5. The number of hydrogen-bond donors (Lipinski definition) is 3. The van der Waals surface area contributed by atoms with E-state index in [1.165, 1.54) is 0 Å². The average molecular weight is 503 g/mol. The Morgan fingerprint density at radius 1 is 1.09 bits per heavy atom. The molecule has 0 bridgehead atoms. The molecule has 4 N–H and O–H groups in total. The molecule has 0 saturated carbocycles. The van der Waals surface area contributed by atoms with E-state index in [9.17, 15) is 8.42 Å². The quantitative estimate of drug-likeness (QED) is 0.171. The fourth-order valence-corrected chi connectivity index (χ4v) is 5.94.